The molecule has 2 aromatic carbocycles. The van der Waals surface area contributed by atoms with Crippen molar-refractivity contribution < 1.29 is 9.59 Å². The molecular weight excluding hydrogens is 372 g/mol. The Bertz CT molecular complexity index is 969. The van der Waals surface area contributed by atoms with Crippen molar-refractivity contribution >= 4 is 28.3 Å². The van der Waals surface area contributed by atoms with E-state index < -0.39 is 6.04 Å². The van der Waals surface area contributed by atoms with Crippen LogP contribution in [0.5, 0.6) is 0 Å². The highest BCUT2D eigenvalue weighted by Gasteiger charge is 2.25. The van der Waals surface area contributed by atoms with Gasteiger partial charge in [-0.25, -0.2) is 0 Å². The maximum absolute atomic E-state index is 12.7. The number of anilines is 1. The molecule has 3 rings (SSSR count). The topological polar surface area (TPSA) is 84.0 Å². The summed E-state index contributed by atoms with van der Waals surface area (Å²) in [5.74, 6) is -0.685. The van der Waals surface area contributed by atoms with Gasteiger partial charge in [0.2, 0.25) is 11.0 Å². The molecule has 0 fully saturated rings. The zero-order valence-corrected chi connectivity index (χ0v) is 16.8. The number of carbonyl (C=O) groups excluding carboxylic acids is 2. The van der Waals surface area contributed by atoms with E-state index in [1.165, 1.54) is 11.3 Å². The fourth-order valence-electron chi connectivity index (χ4n) is 2.70. The number of aromatic nitrogens is 2. The molecular formula is C21H22N4O2S. The summed E-state index contributed by atoms with van der Waals surface area (Å²) in [5, 5.41) is 14.9. The van der Waals surface area contributed by atoms with Crippen molar-refractivity contribution in [2.24, 2.45) is 5.92 Å². The van der Waals surface area contributed by atoms with Gasteiger partial charge in [0.1, 0.15) is 11.0 Å². The van der Waals surface area contributed by atoms with Gasteiger partial charge in [-0.05, 0) is 31.0 Å². The zero-order chi connectivity index (χ0) is 20.1. The number of benzene rings is 2. The number of rotatable bonds is 6. The molecule has 3 aromatic rings. The first-order chi connectivity index (χ1) is 13.4. The summed E-state index contributed by atoms with van der Waals surface area (Å²) < 4.78 is 0. The minimum absolute atomic E-state index is 0.0863. The number of amides is 2. The van der Waals surface area contributed by atoms with Crippen molar-refractivity contribution in [3.8, 4) is 10.6 Å². The van der Waals surface area contributed by atoms with Crippen molar-refractivity contribution in [2.75, 3.05) is 5.32 Å². The second-order valence-electron chi connectivity index (χ2n) is 6.83. The normalized spacial score (nSPS) is 11.9. The highest BCUT2D eigenvalue weighted by molar-refractivity contribution is 7.18. The van der Waals surface area contributed by atoms with Gasteiger partial charge in [-0.3, -0.25) is 14.9 Å². The Hall–Kier alpha value is -3.06. The molecule has 0 unspecified atom stereocenters. The third-order valence-electron chi connectivity index (χ3n) is 4.19. The van der Waals surface area contributed by atoms with Gasteiger partial charge in [-0.2, -0.15) is 0 Å². The van der Waals surface area contributed by atoms with E-state index in [0.717, 1.165) is 16.1 Å². The van der Waals surface area contributed by atoms with Gasteiger partial charge >= 0.3 is 0 Å². The van der Waals surface area contributed by atoms with Gasteiger partial charge in [0.05, 0.1) is 0 Å². The van der Waals surface area contributed by atoms with E-state index in [1.807, 2.05) is 51.1 Å². The lowest BCUT2D eigenvalue weighted by Gasteiger charge is -2.21. The number of nitrogens with zero attached hydrogens (tertiary/aromatic N) is 2. The van der Waals surface area contributed by atoms with E-state index in [2.05, 4.69) is 20.8 Å². The molecule has 1 atom stereocenters. The number of hydrogen-bond donors (Lipinski definition) is 2. The average molecular weight is 395 g/mol. The molecule has 144 valence electrons. The minimum atomic E-state index is -0.681. The van der Waals surface area contributed by atoms with Crippen LogP contribution in [0.4, 0.5) is 5.13 Å². The van der Waals surface area contributed by atoms with E-state index in [4.69, 9.17) is 0 Å². The molecule has 0 bridgehead atoms. The fraction of sp³-hybridized carbons (Fsp3) is 0.238. The van der Waals surface area contributed by atoms with Gasteiger partial charge < -0.3 is 5.32 Å². The van der Waals surface area contributed by atoms with E-state index in [9.17, 15) is 9.59 Å². The van der Waals surface area contributed by atoms with E-state index in [1.54, 1.807) is 24.3 Å². The molecule has 0 aliphatic rings. The lowest BCUT2D eigenvalue weighted by atomic mass is 10.0. The maximum Gasteiger partial charge on any atom is 0.251 e. The summed E-state index contributed by atoms with van der Waals surface area (Å²) in [6.45, 7) is 5.78. The third-order valence-corrected chi connectivity index (χ3v) is 5.08. The van der Waals surface area contributed by atoms with E-state index in [0.29, 0.717) is 10.7 Å². The van der Waals surface area contributed by atoms with Crippen molar-refractivity contribution in [3.63, 3.8) is 0 Å². The van der Waals surface area contributed by atoms with Crippen LogP contribution < -0.4 is 10.6 Å². The van der Waals surface area contributed by atoms with Crippen LogP contribution in [0.15, 0.2) is 54.6 Å². The molecule has 1 aromatic heterocycles. The Kier molecular flexibility index (Phi) is 6.16. The standard InChI is InChI=1S/C21H22N4O2S/c1-13(2)17(22-18(26)15-9-5-4-6-10-15)19(27)23-21-25-24-20(28-21)16-11-7-8-14(3)12-16/h4-13,17H,1-3H3,(H,22,26)(H,23,25,27)/t17-/m0/s1. The molecule has 6 nitrogen and oxygen atoms in total. The predicted molar refractivity (Wildman–Crippen MR) is 111 cm³/mol. The van der Waals surface area contributed by atoms with Crippen LogP contribution in [0.1, 0.15) is 29.8 Å². The maximum atomic E-state index is 12.7. The first-order valence-corrected chi connectivity index (χ1v) is 9.83. The Morgan fingerprint density at radius 1 is 1.00 bits per heavy atom. The number of nitrogens with one attached hydrogen (secondary N) is 2. The second-order valence-corrected chi connectivity index (χ2v) is 7.81. The van der Waals surface area contributed by atoms with Crippen LogP contribution in [0, 0.1) is 12.8 Å². The van der Waals surface area contributed by atoms with Gasteiger partial charge in [-0.1, -0.05) is 67.1 Å². The Morgan fingerprint density at radius 2 is 1.75 bits per heavy atom. The van der Waals surface area contributed by atoms with Crippen LogP contribution in [0.2, 0.25) is 0 Å². The molecule has 0 aliphatic heterocycles. The highest BCUT2D eigenvalue weighted by atomic mass is 32.1. The molecule has 0 radical (unpaired) electrons. The smallest absolute Gasteiger partial charge is 0.251 e. The summed E-state index contributed by atoms with van der Waals surface area (Å²) in [6.07, 6.45) is 0. The quantitative estimate of drug-likeness (QED) is 0.664. The molecule has 0 saturated carbocycles. The second kappa shape index (κ2) is 8.75. The van der Waals surface area contributed by atoms with Crippen LogP contribution in [0.3, 0.4) is 0 Å². The monoisotopic (exact) mass is 394 g/mol. The Labute approximate surface area is 168 Å². The van der Waals surface area contributed by atoms with Crippen LogP contribution >= 0.6 is 11.3 Å². The van der Waals surface area contributed by atoms with Crippen molar-refractivity contribution in [1.82, 2.24) is 15.5 Å². The largest absolute Gasteiger partial charge is 0.340 e. The molecule has 28 heavy (non-hydrogen) atoms. The number of carbonyl (C=O) groups is 2. The summed E-state index contributed by atoms with van der Waals surface area (Å²) in [5.41, 5.74) is 2.59. The van der Waals surface area contributed by atoms with E-state index in [-0.39, 0.29) is 17.7 Å². The molecule has 1 heterocycles. The minimum Gasteiger partial charge on any atom is -0.340 e. The highest BCUT2D eigenvalue weighted by Crippen LogP contribution is 2.27. The lowest BCUT2D eigenvalue weighted by Crippen LogP contribution is -2.47. The van der Waals surface area contributed by atoms with E-state index >= 15 is 0 Å². The molecule has 7 heteroatoms. The first kappa shape index (κ1) is 19.7. The molecule has 2 N–H and O–H groups in total. The third kappa shape index (κ3) is 4.80. The first-order valence-electron chi connectivity index (χ1n) is 9.01. The van der Waals surface area contributed by atoms with Gasteiger partial charge in [0, 0.05) is 11.1 Å². The number of hydrogen-bond acceptors (Lipinski definition) is 5. The Balaban J connectivity index is 1.70. The Morgan fingerprint density at radius 3 is 2.43 bits per heavy atom. The van der Waals surface area contributed by atoms with Crippen LogP contribution in [-0.2, 0) is 4.79 Å². The number of aryl methyl sites for hydroxylation is 1. The average Bonchev–Trinajstić information content (AvgIpc) is 3.14. The lowest BCUT2D eigenvalue weighted by molar-refractivity contribution is -0.118. The summed E-state index contributed by atoms with van der Waals surface area (Å²) >= 11 is 1.30. The van der Waals surface area contributed by atoms with Crippen molar-refractivity contribution in [2.45, 2.75) is 26.8 Å². The van der Waals surface area contributed by atoms with Crippen molar-refractivity contribution in [3.05, 3.63) is 65.7 Å². The van der Waals surface area contributed by atoms with Gasteiger partial charge in [-0.15, -0.1) is 10.2 Å². The summed E-state index contributed by atoms with van der Waals surface area (Å²) in [7, 11) is 0. The fourth-order valence-corrected chi connectivity index (χ4v) is 3.44. The van der Waals surface area contributed by atoms with Gasteiger partial charge in [0.15, 0.2) is 0 Å². The van der Waals surface area contributed by atoms with Crippen LogP contribution in [0.25, 0.3) is 10.6 Å². The molecule has 2 amide bonds. The van der Waals surface area contributed by atoms with Crippen molar-refractivity contribution in [1.29, 1.82) is 0 Å². The zero-order valence-electron chi connectivity index (χ0n) is 16.0. The predicted octanol–water partition coefficient (Wildman–Crippen LogP) is 3.91. The van der Waals surface area contributed by atoms with Gasteiger partial charge in [0.25, 0.3) is 5.91 Å². The summed E-state index contributed by atoms with van der Waals surface area (Å²) in [6, 6.07) is 16.1. The molecule has 0 aliphatic carbocycles. The SMILES string of the molecule is Cc1cccc(-c2nnc(NC(=O)[C@@H](NC(=O)c3ccccc3)C(C)C)s2)c1. The van der Waals surface area contributed by atoms with Crippen LogP contribution in [-0.4, -0.2) is 28.1 Å². The molecule has 0 saturated heterocycles. The molecule has 0 spiro atoms. The summed E-state index contributed by atoms with van der Waals surface area (Å²) in [4.78, 5) is 25.2.